The van der Waals surface area contributed by atoms with Gasteiger partial charge in [0.25, 0.3) is 10.0 Å². The fourth-order valence-electron chi connectivity index (χ4n) is 4.14. The molecule has 5 aromatic rings. The molecule has 3 aromatic carbocycles. The summed E-state index contributed by atoms with van der Waals surface area (Å²) in [4.78, 5) is 17.2. The summed E-state index contributed by atoms with van der Waals surface area (Å²) in [6, 6.07) is 23.2. The number of nitrogens with zero attached hydrogens (tertiary/aromatic N) is 2. The lowest BCUT2D eigenvalue weighted by Crippen LogP contribution is -2.14. The van der Waals surface area contributed by atoms with Gasteiger partial charge in [0, 0.05) is 16.3 Å². The summed E-state index contributed by atoms with van der Waals surface area (Å²) in [7, 11) is -2.69. The van der Waals surface area contributed by atoms with E-state index in [1.165, 1.54) is 11.1 Å². The highest BCUT2D eigenvalue weighted by molar-refractivity contribution is 7.90. The van der Waals surface area contributed by atoms with Crippen LogP contribution in [-0.4, -0.2) is 30.5 Å². The topological polar surface area (TPSA) is 78.3 Å². The van der Waals surface area contributed by atoms with E-state index < -0.39 is 16.0 Å². The SMILES string of the molecule is COC(=O)c1cc2c3ccccc3n(S(=O)(=O)c3ccc(C)cc3)c2c(-c2ccc(C)cc2)n1. The van der Waals surface area contributed by atoms with Gasteiger partial charge in [0.15, 0.2) is 0 Å². The molecule has 2 aromatic heterocycles. The Bertz CT molecular complexity index is 1670. The van der Waals surface area contributed by atoms with Gasteiger partial charge in [-0.1, -0.05) is 65.7 Å². The molecule has 0 amide bonds. The minimum Gasteiger partial charge on any atom is -0.464 e. The number of pyridine rings is 1. The summed E-state index contributed by atoms with van der Waals surface area (Å²) >= 11 is 0. The lowest BCUT2D eigenvalue weighted by molar-refractivity contribution is 0.0594. The summed E-state index contributed by atoms with van der Waals surface area (Å²) < 4.78 is 34.3. The average molecular weight is 471 g/mol. The van der Waals surface area contributed by atoms with Crippen molar-refractivity contribution in [2.45, 2.75) is 18.7 Å². The second kappa shape index (κ2) is 8.11. The van der Waals surface area contributed by atoms with Crippen LogP contribution in [0, 0.1) is 13.8 Å². The highest BCUT2D eigenvalue weighted by atomic mass is 32.2. The van der Waals surface area contributed by atoms with Crippen molar-refractivity contribution >= 4 is 37.8 Å². The van der Waals surface area contributed by atoms with Gasteiger partial charge in [-0.05, 0) is 38.1 Å². The first-order valence-electron chi connectivity index (χ1n) is 10.7. The summed E-state index contributed by atoms with van der Waals surface area (Å²) in [6.45, 7) is 3.88. The van der Waals surface area contributed by atoms with Gasteiger partial charge >= 0.3 is 5.97 Å². The number of ether oxygens (including phenoxy) is 1. The molecule has 0 aliphatic carbocycles. The van der Waals surface area contributed by atoms with Crippen LogP contribution >= 0.6 is 0 Å². The monoisotopic (exact) mass is 470 g/mol. The van der Waals surface area contributed by atoms with Gasteiger partial charge in [-0.2, -0.15) is 0 Å². The fraction of sp³-hybridized carbons (Fsp3) is 0.111. The molecule has 34 heavy (non-hydrogen) atoms. The number of benzene rings is 3. The molecule has 0 bridgehead atoms. The number of carbonyl (C=O) groups excluding carboxylic acids is 1. The molecule has 0 atom stereocenters. The predicted octanol–water partition coefficient (Wildman–Crippen LogP) is 5.50. The predicted molar refractivity (Wildman–Crippen MR) is 133 cm³/mol. The maximum atomic E-state index is 14.0. The molecule has 5 rings (SSSR count). The Kier molecular flexibility index (Phi) is 5.21. The number of aromatic nitrogens is 2. The van der Waals surface area contributed by atoms with Gasteiger partial charge in [-0.3, -0.25) is 0 Å². The molecule has 0 unspecified atom stereocenters. The van der Waals surface area contributed by atoms with Crippen LogP contribution in [0.25, 0.3) is 33.1 Å². The van der Waals surface area contributed by atoms with Crippen molar-refractivity contribution < 1.29 is 17.9 Å². The lowest BCUT2D eigenvalue weighted by Gasteiger charge is -2.13. The normalized spacial score (nSPS) is 11.7. The third-order valence-electron chi connectivity index (χ3n) is 5.89. The standard InChI is InChI=1S/C27H22N2O4S/c1-17-8-12-19(13-9-17)25-26-22(16-23(28-25)27(30)33-3)21-6-4-5-7-24(21)29(26)34(31,32)20-14-10-18(2)11-15-20/h4-16H,1-3H3. The number of rotatable bonds is 4. The zero-order valence-corrected chi connectivity index (χ0v) is 19.8. The summed E-state index contributed by atoms with van der Waals surface area (Å²) in [5.74, 6) is -0.589. The molecule has 0 aliphatic heterocycles. The van der Waals surface area contributed by atoms with Crippen LogP contribution in [0.2, 0.25) is 0 Å². The molecule has 0 N–H and O–H groups in total. The van der Waals surface area contributed by atoms with Crippen LogP contribution in [0.15, 0.2) is 83.8 Å². The molecule has 0 radical (unpaired) electrons. The highest BCUT2D eigenvalue weighted by Gasteiger charge is 2.27. The number of esters is 1. The molecular formula is C27H22N2O4S. The molecule has 0 saturated heterocycles. The lowest BCUT2D eigenvalue weighted by atomic mass is 10.1. The first kappa shape index (κ1) is 21.9. The maximum absolute atomic E-state index is 14.0. The Labute approximate surface area is 197 Å². The van der Waals surface area contributed by atoms with Crippen molar-refractivity contribution in [2.24, 2.45) is 0 Å². The van der Waals surface area contributed by atoms with Crippen molar-refractivity contribution in [3.8, 4) is 11.3 Å². The van der Waals surface area contributed by atoms with E-state index >= 15 is 0 Å². The van der Waals surface area contributed by atoms with E-state index in [2.05, 4.69) is 4.98 Å². The maximum Gasteiger partial charge on any atom is 0.356 e. The van der Waals surface area contributed by atoms with Crippen LogP contribution in [0.1, 0.15) is 21.6 Å². The Hall–Kier alpha value is -3.97. The molecule has 7 heteroatoms. The van der Waals surface area contributed by atoms with Gasteiger partial charge in [0.2, 0.25) is 0 Å². The van der Waals surface area contributed by atoms with Crippen molar-refractivity contribution in [2.75, 3.05) is 7.11 Å². The van der Waals surface area contributed by atoms with E-state index in [9.17, 15) is 13.2 Å². The highest BCUT2D eigenvalue weighted by Crippen LogP contribution is 2.38. The Morgan fingerprint density at radius 1 is 0.853 bits per heavy atom. The number of aryl methyl sites for hydroxylation is 2. The minimum atomic E-state index is -3.98. The Morgan fingerprint density at radius 3 is 2.12 bits per heavy atom. The molecule has 0 fully saturated rings. The van der Waals surface area contributed by atoms with Gasteiger partial charge in [0.1, 0.15) is 5.69 Å². The second-order valence-corrected chi connectivity index (χ2v) is 10.00. The molecule has 0 spiro atoms. The smallest absolute Gasteiger partial charge is 0.356 e. The summed E-state index contributed by atoms with van der Waals surface area (Å²) in [5, 5.41) is 1.31. The van der Waals surface area contributed by atoms with E-state index in [0.717, 1.165) is 11.1 Å². The van der Waals surface area contributed by atoms with Gasteiger partial charge in [-0.25, -0.2) is 22.2 Å². The molecule has 2 heterocycles. The number of hydrogen-bond acceptors (Lipinski definition) is 5. The van der Waals surface area contributed by atoms with Crippen molar-refractivity contribution in [1.29, 1.82) is 0 Å². The molecule has 0 aliphatic rings. The number of para-hydroxylation sites is 1. The molecular weight excluding hydrogens is 448 g/mol. The Balaban J connectivity index is 1.97. The van der Waals surface area contributed by atoms with Gasteiger partial charge < -0.3 is 4.74 Å². The first-order valence-corrected chi connectivity index (χ1v) is 12.2. The van der Waals surface area contributed by atoms with E-state index in [-0.39, 0.29) is 10.6 Å². The van der Waals surface area contributed by atoms with Crippen molar-refractivity contribution in [3.05, 3.63) is 95.7 Å². The number of hydrogen-bond donors (Lipinski definition) is 0. The van der Waals surface area contributed by atoms with Crippen LogP contribution in [-0.2, 0) is 14.8 Å². The number of carbonyl (C=O) groups is 1. The van der Waals surface area contributed by atoms with Crippen LogP contribution in [0.4, 0.5) is 0 Å². The third kappa shape index (κ3) is 3.45. The fourth-order valence-corrected chi connectivity index (χ4v) is 5.67. The van der Waals surface area contributed by atoms with E-state index in [0.29, 0.717) is 33.1 Å². The Morgan fingerprint density at radius 2 is 1.47 bits per heavy atom. The first-order chi connectivity index (χ1) is 16.3. The van der Waals surface area contributed by atoms with Crippen LogP contribution in [0.3, 0.4) is 0 Å². The average Bonchev–Trinajstić information content (AvgIpc) is 3.19. The zero-order chi connectivity index (χ0) is 24.0. The number of methoxy groups -OCH3 is 1. The van der Waals surface area contributed by atoms with Crippen LogP contribution in [0.5, 0.6) is 0 Å². The summed E-state index contributed by atoms with van der Waals surface area (Å²) in [5.41, 5.74) is 4.15. The van der Waals surface area contributed by atoms with E-state index in [1.807, 2.05) is 50.2 Å². The van der Waals surface area contributed by atoms with Crippen molar-refractivity contribution in [1.82, 2.24) is 8.96 Å². The van der Waals surface area contributed by atoms with Gasteiger partial charge in [0.05, 0.1) is 28.7 Å². The summed E-state index contributed by atoms with van der Waals surface area (Å²) in [6.07, 6.45) is 0. The zero-order valence-electron chi connectivity index (χ0n) is 18.9. The third-order valence-corrected chi connectivity index (χ3v) is 7.62. The van der Waals surface area contributed by atoms with E-state index in [4.69, 9.17) is 4.74 Å². The molecule has 170 valence electrons. The minimum absolute atomic E-state index is 0.112. The number of fused-ring (bicyclic) bond motifs is 3. The quantitative estimate of drug-likeness (QED) is 0.324. The second-order valence-electron chi connectivity index (χ2n) is 8.21. The van der Waals surface area contributed by atoms with E-state index in [1.54, 1.807) is 42.5 Å². The van der Waals surface area contributed by atoms with Crippen molar-refractivity contribution in [3.63, 3.8) is 0 Å². The van der Waals surface area contributed by atoms with Gasteiger partial charge in [-0.15, -0.1) is 0 Å². The largest absolute Gasteiger partial charge is 0.464 e. The van der Waals surface area contributed by atoms with Crippen LogP contribution < -0.4 is 0 Å². The molecule has 0 saturated carbocycles. The molecule has 6 nitrogen and oxygen atoms in total.